The van der Waals surface area contributed by atoms with E-state index in [9.17, 15) is 14.0 Å². The minimum atomic E-state index is -0.213. The predicted molar refractivity (Wildman–Crippen MR) is 103 cm³/mol. The summed E-state index contributed by atoms with van der Waals surface area (Å²) in [5, 5.41) is 2.81. The van der Waals surface area contributed by atoms with Gasteiger partial charge in [0.25, 0.3) is 0 Å². The number of aryl methyl sites for hydroxylation is 1. The molecule has 5 nitrogen and oxygen atoms in total. The van der Waals surface area contributed by atoms with Crippen molar-refractivity contribution in [3.63, 3.8) is 0 Å². The van der Waals surface area contributed by atoms with E-state index in [1.807, 2.05) is 30.3 Å². The Hall–Kier alpha value is -2.54. The monoisotopic (exact) mass is 373 g/mol. The number of aromatic nitrogens is 2. The van der Waals surface area contributed by atoms with Crippen LogP contribution >= 0.6 is 11.8 Å². The minimum absolute atomic E-state index is 0.0157. The number of benzene rings is 2. The van der Waals surface area contributed by atoms with Crippen LogP contribution in [0.3, 0.4) is 0 Å². The van der Waals surface area contributed by atoms with E-state index in [1.54, 1.807) is 30.9 Å². The van der Waals surface area contributed by atoms with Crippen molar-refractivity contribution in [3.05, 3.63) is 70.4 Å². The van der Waals surface area contributed by atoms with Crippen molar-refractivity contribution in [3.8, 4) is 0 Å². The summed E-state index contributed by atoms with van der Waals surface area (Å²) in [6.45, 7) is 0.454. The van der Waals surface area contributed by atoms with E-state index in [-0.39, 0.29) is 24.0 Å². The van der Waals surface area contributed by atoms with Crippen LogP contribution < -0.4 is 11.0 Å². The van der Waals surface area contributed by atoms with Gasteiger partial charge in [0.1, 0.15) is 12.4 Å². The molecule has 0 aliphatic rings. The summed E-state index contributed by atoms with van der Waals surface area (Å²) in [4.78, 5) is 24.5. The number of para-hydroxylation sites is 2. The fourth-order valence-electron chi connectivity index (χ4n) is 2.78. The van der Waals surface area contributed by atoms with E-state index in [1.165, 1.54) is 15.2 Å². The molecule has 0 radical (unpaired) electrons. The number of carbonyl (C=O) groups is 1. The Morgan fingerprint density at radius 2 is 1.81 bits per heavy atom. The molecular formula is C19H20FN3O2S. The maximum absolute atomic E-state index is 13.5. The number of fused-ring (bicyclic) bond motifs is 1. The summed E-state index contributed by atoms with van der Waals surface area (Å²) in [7, 11) is 1.69. The average Bonchev–Trinajstić information content (AvgIpc) is 2.88. The first-order chi connectivity index (χ1) is 12.6. The van der Waals surface area contributed by atoms with E-state index in [2.05, 4.69) is 5.32 Å². The fourth-order valence-corrected chi connectivity index (χ4v) is 3.62. The molecule has 0 aliphatic carbocycles. The Morgan fingerprint density at radius 3 is 2.58 bits per heavy atom. The van der Waals surface area contributed by atoms with Gasteiger partial charge in [-0.3, -0.25) is 13.9 Å². The van der Waals surface area contributed by atoms with Gasteiger partial charge in [-0.05, 0) is 23.8 Å². The van der Waals surface area contributed by atoms with Gasteiger partial charge in [-0.1, -0.05) is 30.3 Å². The van der Waals surface area contributed by atoms with Crippen LogP contribution in [0.5, 0.6) is 0 Å². The number of halogens is 1. The van der Waals surface area contributed by atoms with Crippen LogP contribution in [-0.2, 0) is 24.1 Å². The molecule has 3 aromatic rings. The Balaban J connectivity index is 1.50. The summed E-state index contributed by atoms with van der Waals surface area (Å²) in [6, 6.07) is 14.1. The molecule has 1 N–H and O–H groups in total. The quantitative estimate of drug-likeness (QED) is 0.648. The van der Waals surface area contributed by atoms with Crippen molar-refractivity contribution in [1.29, 1.82) is 0 Å². The van der Waals surface area contributed by atoms with Gasteiger partial charge >= 0.3 is 5.69 Å². The molecule has 0 aliphatic heterocycles. The molecular weight excluding hydrogens is 353 g/mol. The lowest BCUT2D eigenvalue weighted by Gasteiger charge is -2.07. The first kappa shape index (κ1) is 18.3. The lowest BCUT2D eigenvalue weighted by Crippen LogP contribution is -2.33. The minimum Gasteiger partial charge on any atom is -0.354 e. The number of rotatable bonds is 7. The van der Waals surface area contributed by atoms with Crippen molar-refractivity contribution in [2.45, 2.75) is 12.3 Å². The van der Waals surface area contributed by atoms with Crippen LogP contribution in [0.25, 0.3) is 11.0 Å². The summed E-state index contributed by atoms with van der Waals surface area (Å²) in [6.07, 6.45) is 0. The normalized spacial score (nSPS) is 11.0. The molecule has 2 aromatic carbocycles. The second-order valence-corrected chi connectivity index (χ2v) is 7.02. The lowest BCUT2D eigenvalue weighted by atomic mass is 10.2. The molecule has 3 rings (SSSR count). The molecule has 0 fully saturated rings. The SMILES string of the molecule is Cn1c(=O)n(CC(=O)NCCSCc2ccccc2F)c2ccccc21. The van der Waals surface area contributed by atoms with Gasteiger partial charge in [-0.15, -0.1) is 0 Å². The highest BCUT2D eigenvalue weighted by atomic mass is 32.2. The third-order valence-corrected chi connectivity index (χ3v) is 5.15. The number of thioether (sulfide) groups is 1. The van der Waals surface area contributed by atoms with E-state index in [0.717, 1.165) is 11.0 Å². The number of nitrogens with one attached hydrogen (secondary N) is 1. The Morgan fingerprint density at radius 1 is 1.12 bits per heavy atom. The Kier molecular flexibility index (Phi) is 5.78. The van der Waals surface area contributed by atoms with Crippen molar-refractivity contribution in [2.75, 3.05) is 12.3 Å². The van der Waals surface area contributed by atoms with Crippen LogP contribution in [0.15, 0.2) is 53.3 Å². The third kappa shape index (κ3) is 3.99. The van der Waals surface area contributed by atoms with Gasteiger partial charge in [0.2, 0.25) is 5.91 Å². The molecule has 7 heteroatoms. The maximum atomic E-state index is 13.5. The molecule has 1 heterocycles. The van der Waals surface area contributed by atoms with E-state index >= 15 is 0 Å². The first-order valence-electron chi connectivity index (χ1n) is 8.30. The first-order valence-corrected chi connectivity index (χ1v) is 9.45. The molecule has 26 heavy (non-hydrogen) atoms. The summed E-state index contributed by atoms with van der Waals surface area (Å²) in [5.41, 5.74) is 1.98. The number of imidazole rings is 1. The molecule has 136 valence electrons. The lowest BCUT2D eigenvalue weighted by molar-refractivity contribution is -0.121. The Labute approximate surface area is 154 Å². The van der Waals surface area contributed by atoms with Crippen molar-refractivity contribution >= 4 is 28.7 Å². The summed E-state index contributed by atoms with van der Waals surface area (Å²) >= 11 is 1.55. The van der Waals surface area contributed by atoms with Gasteiger partial charge in [-0.2, -0.15) is 11.8 Å². The topological polar surface area (TPSA) is 56.0 Å². The highest BCUT2D eigenvalue weighted by Crippen LogP contribution is 2.15. The van der Waals surface area contributed by atoms with Crippen LogP contribution in [-0.4, -0.2) is 27.3 Å². The van der Waals surface area contributed by atoms with E-state index < -0.39 is 0 Å². The van der Waals surface area contributed by atoms with Gasteiger partial charge in [0.05, 0.1) is 11.0 Å². The zero-order chi connectivity index (χ0) is 18.5. The summed E-state index contributed by atoms with van der Waals surface area (Å²) in [5.74, 6) is 0.810. The molecule has 0 unspecified atom stereocenters. The van der Waals surface area contributed by atoms with Crippen LogP contribution in [0, 0.1) is 5.82 Å². The maximum Gasteiger partial charge on any atom is 0.329 e. The summed E-state index contributed by atoms with van der Waals surface area (Å²) < 4.78 is 16.5. The molecule has 0 saturated heterocycles. The fraction of sp³-hybridized carbons (Fsp3) is 0.263. The van der Waals surface area contributed by atoms with Crippen molar-refractivity contribution in [1.82, 2.24) is 14.5 Å². The van der Waals surface area contributed by atoms with E-state index in [4.69, 9.17) is 0 Å². The van der Waals surface area contributed by atoms with Gasteiger partial charge in [0.15, 0.2) is 0 Å². The Bertz CT molecular complexity index is 980. The molecule has 0 saturated carbocycles. The molecule has 0 spiro atoms. The van der Waals surface area contributed by atoms with Gasteiger partial charge in [0, 0.05) is 25.1 Å². The second-order valence-electron chi connectivity index (χ2n) is 5.91. The number of hydrogen-bond acceptors (Lipinski definition) is 3. The van der Waals surface area contributed by atoms with Crippen LogP contribution in [0.4, 0.5) is 4.39 Å². The molecule has 1 aromatic heterocycles. The van der Waals surface area contributed by atoms with Gasteiger partial charge < -0.3 is 5.32 Å². The zero-order valence-corrected chi connectivity index (χ0v) is 15.3. The molecule has 0 bridgehead atoms. The third-order valence-electron chi connectivity index (χ3n) is 4.14. The van der Waals surface area contributed by atoms with Gasteiger partial charge in [-0.25, -0.2) is 9.18 Å². The van der Waals surface area contributed by atoms with E-state index in [0.29, 0.717) is 23.6 Å². The smallest absolute Gasteiger partial charge is 0.329 e. The second kappa shape index (κ2) is 8.23. The standard InChI is InChI=1S/C19H20FN3O2S/c1-22-16-8-4-5-9-17(16)23(19(22)25)12-18(24)21-10-11-26-13-14-6-2-3-7-15(14)20/h2-9H,10-13H2,1H3,(H,21,24). The van der Waals surface area contributed by atoms with Crippen LogP contribution in [0.1, 0.15) is 5.56 Å². The number of hydrogen-bond donors (Lipinski definition) is 1. The van der Waals surface area contributed by atoms with Crippen molar-refractivity contribution < 1.29 is 9.18 Å². The van der Waals surface area contributed by atoms with Crippen molar-refractivity contribution in [2.24, 2.45) is 7.05 Å². The largest absolute Gasteiger partial charge is 0.354 e. The average molecular weight is 373 g/mol. The highest BCUT2D eigenvalue weighted by molar-refractivity contribution is 7.98. The number of amides is 1. The zero-order valence-electron chi connectivity index (χ0n) is 14.4. The molecule has 1 amide bonds. The molecule has 0 atom stereocenters. The van der Waals surface area contributed by atoms with Crippen LogP contribution in [0.2, 0.25) is 0 Å². The predicted octanol–water partition coefficient (Wildman–Crippen LogP) is 2.53. The highest BCUT2D eigenvalue weighted by Gasteiger charge is 2.12. The number of carbonyl (C=O) groups excluding carboxylic acids is 1. The number of nitrogens with zero attached hydrogens (tertiary/aromatic N) is 2.